The summed E-state index contributed by atoms with van der Waals surface area (Å²) < 4.78 is 13.3. The standard InChI is InChI=1S/C13H16N2O2/c1-4-12(13-14-6-8-15(13)7-1)17-10-5-11-3-2-9-16-11/h1,4,6-8,11H,2-3,5,9-10H2/t11-/m1/s1. The van der Waals surface area contributed by atoms with Crippen LogP contribution in [0.2, 0.25) is 0 Å². The van der Waals surface area contributed by atoms with Crippen molar-refractivity contribution < 1.29 is 9.47 Å². The molecule has 2 aromatic heterocycles. The molecule has 4 heteroatoms. The number of hydrogen-bond acceptors (Lipinski definition) is 3. The third-order valence-electron chi connectivity index (χ3n) is 3.10. The number of aromatic nitrogens is 2. The summed E-state index contributed by atoms with van der Waals surface area (Å²) in [5.41, 5.74) is 0.875. The van der Waals surface area contributed by atoms with Gasteiger partial charge in [-0.05, 0) is 25.0 Å². The molecule has 90 valence electrons. The molecule has 3 heterocycles. The summed E-state index contributed by atoms with van der Waals surface area (Å²) in [7, 11) is 0. The van der Waals surface area contributed by atoms with E-state index in [1.54, 1.807) is 6.20 Å². The molecule has 0 spiro atoms. The second-order valence-corrected chi connectivity index (χ2v) is 4.30. The molecule has 1 fully saturated rings. The maximum atomic E-state index is 5.78. The number of nitrogens with zero attached hydrogens (tertiary/aromatic N) is 2. The van der Waals surface area contributed by atoms with Crippen LogP contribution >= 0.6 is 0 Å². The van der Waals surface area contributed by atoms with Gasteiger partial charge in [-0.15, -0.1) is 0 Å². The molecular formula is C13H16N2O2. The van der Waals surface area contributed by atoms with Crippen LogP contribution in [-0.2, 0) is 4.74 Å². The lowest BCUT2D eigenvalue weighted by Gasteiger charge is -2.11. The molecule has 2 aromatic rings. The zero-order valence-corrected chi connectivity index (χ0v) is 9.71. The topological polar surface area (TPSA) is 35.8 Å². The van der Waals surface area contributed by atoms with Gasteiger partial charge >= 0.3 is 0 Å². The Bertz CT molecular complexity index is 489. The molecule has 0 saturated carbocycles. The van der Waals surface area contributed by atoms with Gasteiger partial charge in [0, 0.05) is 31.6 Å². The van der Waals surface area contributed by atoms with Crippen LogP contribution in [-0.4, -0.2) is 28.7 Å². The monoisotopic (exact) mass is 232 g/mol. The van der Waals surface area contributed by atoms with Crippen molar-refractivity contribution in [2.75, 3.05) is 13.2 Å². The Morgan fingerprint density at radius 2 is 2.47 bits per heavy atom. The summed E-state index contributed by atoms with van der Waals surface area (Å²) in [5, 5.41) is 0. The molecule has 0 unspecified atom stereocenters. The van der Waals surface area contributed by atoms with Gasteiger partial charge in [0.25, 0.3) is 0 Å². The van der Waals surface area contributed by atoms with Crippen molar-refractivity contribution in [3.8, 4) is 5.75 Å². The van der Waals surface area contributed by atoms with Crippen LogP contribution < -0.4 is 4.74 Å². The number of imidazole rings is 1. The molecule has 0 aromatic carbocycles. The van der Waals surface area contributed by atoms with Gasteiger partial charge in [0.15, 0.2) is 11.4 Å². The minimum Gasteiger partial charge on any atom is -0.490 e. The minimum absolute atomic E-state index is 0.384. The highest BCUT2D eigenvalue weighted by Crippen LogP contribution is 2.19. The lowest BCUT2D eigenvalue weighted by Crippen LogP contribution is -2.11. The van der Waals surface area contributed by atoms with Crippen LogP contribution in [0, 0.1) is 0 Å². The highest BCUT2D eigenvalue weighted by molar-refractivity contribution is 5.53. The molecule has 0 bridgehead atoms. The molecule has 1 aliphatic rings. The first kappa shape index (κ1) is 10.6. The van der Waals surface area contributed by atoms with Gasteiger partial charge in [-0.2, -0.15) is 0 Å². The summed E-state index contributed by atoms with van der Waals surface area (Å²) in [6.07, 6.45) is 9.36. The van der Waals surface area contributed by atoms with E-state index in [0.29, 0.717) is 12.7 Å². The first-order valence-electron chi connectivity index (χ1n) is 6.09. The van der Waals surface area contributed by atoms with Crippen LogP contribution in [0.1, 0.15) is 19.3 Å². The van der Waals surface area contributed by atoms with E-state index in [0.717, 1.165) is 30.8 Å². The third-order valence-corrected chi connectivity index (χ3v) is 3.10. The highest BCUT2D eigenvalue weighted by Gasteiger charge is 2.15. The Morgan fingerprint density at radius 1 is 1.47 bits per heavy atom. The zero-order chi connectivity index (χ0) is 11.5. The molecule has 1 atom stereocenters. The van der Waals surface area contributed by atoms with Crippen molar-refractivity contribution in [2.45, 2.75) is 25.4 Å². The van der Waals surface area contributed by atoms with Crippen LogP contribution in [0.25, 0.3) is 5.65 Å². The van der Waals surface area contributed by atoms with Gasteiger partial charge in [-0.3, -0.25) is 0 Å². The van der Waals surface area contributed by atoms with Crippen molar-refractivity contribution in [3.05, 3.63) is 30.7 Å². The second kappa shape index (κ2) is 4.75. The summed E-state index contributed by atoms with van der Waals surface area (Å²) in [6.45, 7) is 1.59. The average Bonchev–Trinajstić information content (AvgIpc) is 2.99. The van der Waals surface area contributed by atoms with Crippen LogP contribution in [0.5, 0.6) is 5.75 Å². The highest BCUT2D eigenvalue weighted by atomic mass is 16.5. The van der Waals surface area contributed by atoms with Crippen molar-refractivity contribution >= 4 is 5.65 Å². The minimum atomic E-state index is 0.384. The fourth-order valence-electron chi connectivity index (χ4n) is 2.21. The van der Waals surface area contributed by atoms with Gasteiger partial charge < -0.3 is 13.9 Å². The summed E-state index contributed by atoms with van der Waals surface area (Å²) in [4.78, 5) is 4.28. The third kappa shape index (κ3) is 2.26. The van der Waals surface area contributed by atoms with E-state index in [4.69, 9.17) is 9.47 Å². The predicted octanol–water partition coefficient (Wildman–Crippen LogP) is 2.28. The van der Waals surface area contributed by atoms with Crippen molar-refractivity contribution in [3.63, 3.8) is 0 Å². The molecule has 0 aliphatic carbocycles. The van der Waals surface area contributed by atoms with Gasteiger partial charge in [-0.25, -0.2) is 4.98 Å². The number of hydrogen-bond donors (Lipinski definition) is 0. The van der Waals surface area contributed by atoms with E-state index in [-0.39, 0.29) is 0 Å². The van der Waals surface area contributed by atoms with Crippen LogP contribution in [0.4, 0.5) is 0 Å². The first-order chi connectivity index (χ1) is 8.43. The van der Waals surface area contributed by atoms with E-state index < -0.39 is 0 Å². The average molecular weight is 232 g/mol. The summed E-state index contributed by atoms with van der Waals surface area (Å²) in [6, 6.07) is 3.92. The van der Waals surface area contributed by atoms with Crippen molar-refractivity contribution in [1.29, 1.82) is 0 Å². The van der Waals surface area contributed by atoms with E-state index in [1.807, 2.05) is 28.9 Å². The van der Waals surface area contributed by atoms with Gasteiger partial charge in [0.2, 0.25) is 0 Å². The SMILES string of the molecule is c1cc(OCC[C@H]2CCCO2)c2nccn2c1. The molecule has 0 radical (unpaired) electrons. The quantitative estimate of drug-likeness (QED) is 0.811. The zero-order valence-electron chi connectivity index (χ0n) is 9.71. The Morgan fingerprint density at radius 3 is 3.35 bits per heavy atom. The van der Waals surface area contributed by atoms with Gasteiger partial charge in [0.05, 0.1) is 12.7 Å². The Kier molecular flexibility index (Phi) is 2.96. The van der Waals surface area contributed by atoms with Crippen LogP contribution in [0.3, 0.4) is 0 Å². The fourth-order valence-corrected chi connectivity index (χ4v) is 2.21. The van der Waals surface area contributed by atoms with Crippen molar-refractivity contribution in [2.24, 2.45) is 0 Å². The molecule has 1 saturated heterocycles. The Balaban J connectivity index is 1.62. The van der Waals surface area contributed by atoms with Crippen molar-refractivity contribution in [1.82, 2.24) is 9.38 Å². The lowest BCUT2D eigenvalue weighted by molar-refractivity contribution is 0.0905. The maximum absolute atomic E-state index is 5.78. The number of pyridine rings is 1. The molecule has 17 heavy (non-hydrogen) atoms. The predicted molar refractivity (Wildman–Crippen MR) is 64.3 cm³/mol. The van der Waals surface area contributed by atoms with E-state index in [2.05, 4.69) is 4.98 Å². The van der Waals surface area contributed by atoms with E-state index in [9.17, 15) is 0 Å². The molecule has 0 N–H and O–H groups in total. The Hall–Kier alpha value is -1.55. The van der Waals surface area contributed by atoms with Gasteiger partial charge in [-0.1, -0.05) is 0 Å². The maximum Gasteiger partial charge on any atom is 0.179 e. The largest absolute Gasteiger partial charge is 0.490 e. The smallest absolute Gasteiger partial charge is 0.179 e. The Labute approximate surface area is 100 Å². The molecular weight excluding hydrogens is 216 g/mol. The van der Waals surface area contributed by atoms with Crippen LogP contribution in [0.15, 0.2) is 30.7 Å². The molecule has 0 amide bonds. The van der Waals surface area contributed by atoms with Gasteiger partial charge in [0.1, 0.15) is 0 Å². The second-order valence-electron chi connectivity index (χ2n) is 4.30. The lowest BCUT2D eigenvalue weighted by atomic mass is 10.2. The number of ether oxygens (including phenoxy) is 2. The fraction of sp³-hybridized carbons (Fsp3) is 0.462. The molecule has 4 nitrogen and oxygen atoms in total. The molecule has 3 rings (SSSR count). The van der Waals surface area contributed by atoms with E-state index >= 15 is 0 Å². The van der Waals surface area contributed by atoms with E-state index in [1.165, 1.54) is 6.42 Å². The first-order valence-corrected chi connectivity index (χ1v) is 6.09. The number of rotatable bonds is 4. The number of fused-ring (bicyclic) bond motifs is 1. The summed E-state index contributed by atoms with van der Waals surface area (Å²) in [5.74, 6) is 0.843. The normalized spacial score (nSPS) is 19.9. The molecule has 1 aliphatic heterocycles. The summed E-state index contributed by atoms with van der Waals surface area (Å²) >= 11 is 0.